The Morgan fingerprint density at radius 2 is 2.17 bits per heavy atom. The molecule has 1 aliphatic rings. The molecule has 108 valence electrons. The zero-order valence-electron chi connectivity index (χ0n) is 11.3. The summed E-state index contributed by atoms with van der Waals surface area (Å²) >= 11 is 1.47. The van der Waals surface area contributed by atoms with E-state index in [4.69, 9.17) is 0 Å². The Morgan fingerprint density at radius 1 is 1.50 bits per heavy atom. The minimum absolute atomic E-state index is 0.0274. The van der Waals surface area contributed by atoms with Gasteiger partial charge in [-0.05, 0) is 32.9 Å². The number of rotatable bonds is 6. The zero-order chi connectivity index (χ0) is 13.8. The molecule has 1 aliphatic heterocycles. The van der Waals surface area contributed by atoms with Crippen LogP contribution in [-0.4, -0.2) is 54.6 Å². The average Bonchev–Trinajstić information content (AvgIpc) is 2.30. The quantitative estimate of drug-likeness (QED) is 0.761. The van der Waals surface area contributed by atoms with E-state index in [9.17, 15) is 13.5 Å². The third-order valence-electron chi connectivity index (χ3n) is 3.43. The molecule has 3 atom stereocenters. The van der Waals surface area contributed by atoms with E-state index < -0.39 is 10.2 Å². The monoisotopic (exact) mass is 296 g/mol. The highest BCUT2D eigenvalue weighted by molar-refractivity contribution is 7.99. The second-order valence-electron chi connectivity index (χ2n) is 4.82. The molecule has 7 heteroatoms. The van der Waals surface area contributed by atoms with Crippen LogP contribution in [0.25, 0.3) is 0 Å². The van der Waals surface area contributed by atoms with Crippen LogP contribution in [0.15, 0.2) is 0 Å². The highest BCUT2D eigenvalue weighted by atomic mass is 32.2. The molecule has 0 amide bonds. The Hall–Kier alpha value is 0.180. The van der Waals surface area contributed by atoms with Gasteiger partial charge >= 0.3 is 0 Å². The molecule has 0 saturated carbocycles. The van der Waals surface area contributed by atoms with Crippen molar-refractivity contribution in [3.8, 4) is 0 Å². The maximum atomic E-state index is 12.3. The van der Waals surface area contributed by atoms with Crippen molar-refractivity contribution in [2.75, 3.05) is 19.4 Å². The molecular formula is C11H24N2O3S2. The van der Waals surface area contributed by atoms with Crippen molar-refractivity contribution in [2.45, 2.75) is 50.4 Å². The molecule has 5 nitrogen and oxygen atoms in total. The van der Waals surface area contributed by atoms with Crippen molar-refractivity contribution in [1.29, 1.82) is 0 Å². The molecule has 0 aromatic heterocycles. The van der Waals surface area contributed by atoms with Gasteiger partial charge in [-0.3, -0.25) is 0 Å². The van der Waals surface area contributed by atoms with Gasteiger partial charge in [0.1, 0.15) is 0 Å². The molecule has 18 heavy (non-hydrogen) atoms. The van der Waals surface area contributed by atoms with Gasteiger partial charge in [-0.2, -0.15) is 29.2 Å². The van der Waals surface area contributed by atoms with Crippen molar-refractivity contribution in [3.05, 3.63) is 0 Å². The molecule has 3 unspecified atom stereocenters. The van der Waals surface area contributed by atoms with Crippen LogP contribution in [0.4, 0.5) is 0 Å². The fourth-order valence-corrected chi connectivity index (χ4v) is 4.67. The second-order valence-corrected chi connectivity index (χ2v) is 7.56. The predicted octanol–water partition coefficient (Wildman–Crippen LogP) is 0.808. The minimum Gasteiger partial charge on any atom is -0.395 e. The van der Waals surface area contributed by atoms with Gasteiger partial charge in [-0.25, -0.2) is 0 Å². The number of aliphatic hydroxyl groups excluding tert-OH is 1. The number of hydrogen-bond donors (Lipinski definition) is 2. The van der Waals surface area contributed by atoms with Crippen LogP contribution in [0.2, 0.25) is 0 Å². The van der Waals surface area contributed by atoms with E-state index in [-0.39, 0.29) is 23.9 Å². The van der Waals surface area contributed by atoms with E-state index in [2.05, 4.69) is 4.72 Å². The Balaban J connectivity index is 2.68. The van der Waals surface area contributed by atoms with Gasteiger partial charge in [0.25, 0.3) is 10.2 Å². The molecule has 1 heterocycles. The fraction of sp³-hybridized carbons (Fsp3) is 1.00. The van der Waals surface area contributed by atoms with Crippen molar-refractivity contribution >= 4 is 22.0 Å². The summed E-state index contributed by atoms with van der Waals surface area (Å²) in [6.07, 6.45) is 4.80. The summed E-state index contributed by atoms with van der Waals surface area (Å²) < 4.78 is 28.8. The topological polar surface area (TPSA) is 69.6 Å². The first-order valence-electron chi connectivity index (χ1n) is 6.35. The van der Waals surface area contributed by atoms with E-state index in [1.807, 2.05) is 13.2 Å². The van der Waals surface area contributed by atoms with Gasteiger partial charge in [0.15, 0.2) is 0 Å². The number of piperidine rings is 1. The summed E-state index contributed by atoms with van der Waals surface area (Å²) in [6, 6.07) is -0.213. The number of nitrogens with zero attached hydrogens (tertiary/aromatic N) is 1. The highest BCUT2D eigenvalue weighted by Crippen LogP contribution is 2.20. The summed E-state index contributed by atoms with van der Waals surface area (Å²) in [5.74, 6) is 0. The lowest BCUT2D eigenvalue weighted by molar-refractivity contribution is 0.258. The van der Waals surface area contributed by atoms with Crippen LogP contribution < -0.4 is 4.72 Å². The molecule has 0 radical (unpaired) electrons. The second kappa shape index (κ2) is 7.09. The van der Waals surface area contributed by atoms with E-state index in [1.165, 1.54) is 11.8 Å². The molecule has 0 spiro atoms. The lowest BCUT2D eigenvalue weighted by Gasteiger charge is -2.34. The maximum Gasteiger partial charge on any atom is 0.279 e. The van der Waals surface area contributed by atoms with Crippen LogP contribution in [0, 0.1) is 0 Å². The predicted molar refractivity (Wildman–Crippen MR) is 75.9 cm³/mol. The van der Waals surface area contributed by atoms with E-state index in [0.717, 1.165) is 19.3 Å². The van der Waals surface area contributed by atoms with E-state index >= 15 is 0 Å². The van der Waals surface area contributed by atoms with E-state index in [0.29, 0.717) is 6.54 Å². The SMILES string of the molecule is CSC(CO)C(C)NS(=O)(=O)N1CCCCC1C. The summed E-state index contributed by atoms with van der Waals surface area (Å²) in [7, 11) is -3.44. The molecular weight excluding hydrogens is 272 g/mol. The van der Waals surface area contributed by atoms with Gasteiger partial charge < -0.3 is 5.11 Å². The van der Waals surface area contributed by atoms with Crippen LogP contribution in [-0.2, 0) is 10.2 Å². The molecule has 1 fully saturated rings. The first-order chi connectivity index (χ1) is 8.42. The third kappa shape index (κ3) is 4.09. The third-order valence-corrected chi connectivity index (χ3v) is 6.42. The van der Waals surface area contributed by atoms with Crippen molar-refractivity contribution in [2.24, 2.45) is 0 Å². The summed E-state index contributed by atoms with van der Waals surface area (Å²) in [4.78, 5) is 0. The first kappa shape index (κ1) is 16.2. The Labute approximate surface area is 115 Å². The number of aliphatic hydroxyl groups is 1. The average molecular weight is 296 g/mol. The highest BCUT2D eigenvalue weighted by Gasteiger charge is 2.31. The van der Waals surface area contributed by atoms with Gasteiger partial charge in [-0.1, -0.05) is 6.42 Å². The normalized spacial score (nSPS) is 25.9. The standard InChI is InChI=1S/C11H24N2O3S2/c1-9-6-4-5-7-13(9)18(15,16)12-10(2)11(8-14)17-3/h9-12,14H,4-8H2,1-3H3. The largest absolute Gasteiger partial charge is 0.395 e. The lowest BCUT2D eigenvalue weighted by atomic mass is 10.1. The Morgan fingerprint density at radius 3 is 2.67 bits per heavy atom. The zero-order valence-corrected chi connectivity index (χ0v) is 12.9. The Kier molecular flexibility index (Phi) is 6.40. The number of thioether (sulfide) groups is 1. The molecule has 0 aromatic carbocycles. The number of nitrogens with one attached hydrogen (secondary N) is 1. The van der Waals surface area contributed by atoms with Gasteiger partial charge in [0, 0.05) is 23.9 Å². The lowest BCUT2D eigenvalue weighted by Crippen LogP contribution is -2.52. The van der Waals surface area contributed by atoms with Crippen LogP contribution in [0.5, 0.6) is 0 Å². The molecule has 1 rings (SSSR count). The van der Waals surface area contributed by atoms with Crippen molar-refractivity contribution in [3.63, 3.8) is 0 Å². The fourth-order valence-electron chi connectivity index (χ4n) is 2.24. The Bertz CT molecular complexity index is 344. The van der Waals surface area contributed by atoms with Crippen LogP contribution in [0.1, 0.15) is 33.1 Å². The minimum atomic E-state index is -3.44. The van der Waals surface area contributed by atoms with Gasteiger partial charge in [0.05, 0.1) is 6.61 Å². The summed E-state index contributed by atoms with van der Waals surface area (Å²) in [6.45, 7) is 4.30. The van der Waals surface area contributed by atoms with Gasteiger partial charge in [0.2, 0.25) is 0 Å². The number of hydrogen-bond acceptors (Lipinski definition) is 4. The summed E-state index contributed by atoms with van der Waals surface area (Å²) in [5.41, 5.74) is 0. The molecule has 0 bridgehead atoms. The van der Waals surface area contributed by atoms with Crippen molar-refractivity contribution < 1.29 is 13.5 Å². The summed E-state index contributed by atoms with van der Waals surface area (Å²) in [5, 5.41) is 9.08. The van der Waals surface area contributed by atoms with Crippen LogP contribution >= 0.6 is 11.8 Å². The van der Waals surface area contributed by atoms with E-state index in [1.54, 1.807) is 11.2 Å². The van der Waals surface area contributed by atoms with Gasteiger partial charge in [-0.15, -0.1) is 0 Å². The molecule has 0 aromatic rings. The van der Waals surface area contributed by atoms with Crippen LogP contribution in [0.3, 0.4) is 0 Å². The smallest absolute Gasteiger partial charge is 0.279 e. The first-order valence-corrected chi connectivity index (χ1v) is 9.08. The molecule has 1 saturated heterocycles. The molecule has 0 aliphatic carbocycles. The molecule has 2 N–H and O–H groups in total. The maximum absolute atomic E-state index is 12.3. The van der Waals surface area contributed by atoms with Crippen molar-refractivity contribution in [1.82, 2.24) is 9.03 Å².